The zero-order valence-electron chi connectivity index (χ0n) is 10.6. The lowest BCUT2D eigenvalue weighted by atomic mass is 10.1. The zero-order chi connectivity index (χ0) is 13.8. The Labute approximate surface area is 121 Å². The van der Waals surface area contributed by atoms with Gasteiger partial charge in [0.15, 0.2) is 0 Å². The summed E-state index contributed by atoms with van der Waals surface area (Å²) in [6.07, 6.45) is 0. The van der Waals surface area contributed by atoms with Gasteiger partial charge in [-0.05, 0) is 48.4 Å². The Morgan fingerprint density at radius 1 is 1.26 bits per heavy atom. The van der Waals surface area contributed by atoms with Crippen molar-refractivity contribution in [2.24, 2.45) is 0 Å². The topological polar surface area (TPSA) is 61.8 Å². The first-order valence-corrected chi connectivity index (χ1v) is 6.68. The van der Waals surface area contributed by atoms with E-state index in [1.807, 2.05) is 12.1 Å². The lowest BCUT2D eigenvalue weighted by molar-refractivity contribution is 1.12. The average molecular weight is 316 g/mol. The first kappa shape index (κ1) is 13.4. The summed E-state index contributed by atoms with van der Waals surface area (Å²) < 4.78 is 1.06. The molecule has 96 valence electrons. The van der Waals surface area contributed by atoms with Gasteiger partial charge in [-0.25, -0.2) is 0 Å². The van der Waals surface area contributed by atoms with Crippen molar-refractivity contribution in [3.63, 3.8) is 0 Å². The Morgan fingerprint density at radius 2 is 2.05 bits per heavy atom. The highest BCUT2D eigenvalue weighted by molar-refractivity contribution is 9.10. The van der Waals surface area contributed by atoms with Crippen LogP contribution in [0.4, 0.5) is 11.4 Å². The van der Waals surface area contributed by atoms with Gasteiger partial charge in [0.1, 0.15) is 0 Å². The minimum atomic E-state index is 0.571. The molecule has 2 rings (SSSR count). The van der Waals surface area contributed by atoms with Crippen LogP contribution < -0.4 is 11.1 Å². The molecule has 0 bridgehead atoms. The van der Waals surface area contributed by atoms with Crippen LogP contribution in [-0.4, -0.2) is 0 Å². The molecule has 0 aliphatic heterocycles. The summed E-state index contributed by atoms with van der Waals surface area (Å²) in [5.41, 5.74) is 10.3. The maximum atomic E-state index is 8.80. The molecule has 0 radical (unpaired) electrons. The van der Waals surface area contributed by atoms with Crippen molar-refractivity contribution in [3.8, 4) is 6.07 Å². The molecule has 0 fully saturated rings. The highest BCUT2D eigenvalue weighted by Gasteiger charge is 2.03. The largest absolute Gasteiger partial charge is 0.397 e. The standard InChI is InChI=1S/C15H14BrN3/c1-10-2-4-13(16)7-12(10)9-19-15-5-3-11(8-17)6-14(15)18/h2-7,19H,9,18H2,1H3. The molecule has 0 unspecified atom stereocenters. The van der Waals surface area contributed by atoms with Crippen molar-refractivity contribution < 1.29 is 0 Å². The molecule has 0 saturated heterocycles. The van der Waals surface area contributed by atoms with Gasteiger partial charge in [0.2, 0.25) is 0 Å². The molecule has 19 heavy (non-hydrogen) atoms. The highest BCUT2D eigenvalue weighted by Crippen LogP contribution is 2.22. The van der Waals surface area contributed by atoms with Gasteiger partial charge in [-0.3, -0.25) is 0 Å². The van der Waals surface area contributed by atoms with Crippen LogP contribution in [0.15, 0.2) is 40.9 Å². The Bertz CT molecular complexity index is 644. The smallest absolute Gasteiger partial charge is 0.0992 e. The summed E-state index contributed by atoms with van der Waals surface area (Å²) in [6.45, 7) is 2.77. The first-order chi connectivity index (χ1) is 9.10. The number of hydrogen-bond donors (Lipinski definition) is 2. The van der Waals surface area contributed by atoms with Crippen LogP contribution in [0.25, 0.3) is 0 Å². The van der Waals surface area contributed by atoms with Crippen LogP contribution in [0.5, 0.6) is 0 Å². The Hall–Kier alpha value is -1.99. The van der Waals surface area contributed by atoms with Crippen LogP contribution in [0, 0.1) is 18.3 Å². The predicted octanol–water partition coefficient (Wildman–Crippen LogP) is 3.82. The van der Waals surface area contributed by atoms with Gasteiger partial charge in [-0.15, -0.1) is 0 Å². The molecule has 0 saturated carbocycles. The van der Waals surface area contributed by atoms with Gasteiger partial charge in [-0.2, -0.15) is 5.26 Å². The zero-order valence-corrected chi connectivity index (χ0v) is 12.2. The van der Waals surface area contributed by atoms with E-state index < -0.39 is 0 Å². The Morgan fingerprint density at radius 3 is 2.74 bits per heavy atom. The summed E-state index contributed by atoms with van der Waals surface area (Å²) in [6, 6.07) is 13.5. The average Bonchev–Trinajstić information content (AvgIpc) is 2.40. The molecule has 2 aromatic rings. The number of halogens is 1. The Kier molecular flexibility index (Phi) is 4.08. The third-order valence-corrected chi connectivity index (χ3v) is 3.45. The van der Waals surface area contributed by atoms with E-state index in [-0.39, 0.29) is 0 Å². The third-order valence-electron chi connectivity index (χ3n) is 2.96. The molecule has 0 amide bonds. The molecule has 4 heteroatoms. The van der Waals surface area contributed by atoms with Crippen molar-refractivity contribution in [2.45, 2.75) is 13.5 Å². The SMILES string of the molecule is Cc1ccc(Br)cc1CNc1ccc(C#N)cc1N. The first-order valence-electron chi connectivity index (χ1n) is 5.88. The van der Waals surface area contributed by atoms with Gasteiger partial charge in [-0.1, -0.05) is 22.0 Å². The molecule has 0 aliphatic rings. The lowest BCUT2D eigenvalue weighted by Gasteiger charge is -2.11. The molecule has 3 N–H and O–H groups in total. The number of anilines is 2. The van der Waals surface area contributed by atoms with E-state index in [0.29, 0.717) is 17.8 Å². The minimum absolute atomic E-state index is 0.571. The molecule has 0 heterocycles. The number of aryl methyl sites for hydroxylation is 1. The van der Waals surface area contributed by atoms with E-state index in [9.17, 15) is 0 Å². The van der Waals surface area contributed by atoms with E-state index >= 15 is 0 Å². The summed E-state index contributed by atoms with van der Waals surface area (Å²) >= 11 is 3.47. The number of nitrogens with one attached hydrogen (secondary N) is 1. The second-order valence-corrected chi connectivity index (χ2v) is 5.25. The van der Waals surface area contributed by atoms with Crippen molar-refractivity contribution in [1.29, 1.82) is 5.26 Å². The molecule has 0 aliphatic carbocycles. The molecule has 2 aromatic carbocycles. The monoisotopic (exact) mass is 315 g/mol. The Balaban J connectivity index is 2.15. The number of nitrogen functional groups attached to an aromatic ring is 1. The maximum absolute atomic E-state index is 8.80. The molecular weight excluding hydrogens is 302 g/mol. The van der Waals surface area contributed by atoms with Gasteiger partial charge >= 0.3 is 0 Å². The summed E-state index contributed by atoms with van der Waals surface area (Å²) in [4.78, 5) is 0. The van der Waals surface area contributed by atoms with Crippen molar-refractivity contribution in [3.05, 3.63) is 57.6 Å². The number of nitriles is 1. The summed E-state index contributed by atoms with van der Waals surface area (Å²) in [7, 11) is 0. The predicted molar refractivity (Wildman–Crippen MR) is 81.8 cm³/mol. The fourth-order valence-electron chi connectivity index (χ4n) is 1.81. The number of hydrogen-bond acceptors (Lipinski definition) is 3. The van der Waals surface area contributed by atoms with Crippen LogP contribution in [0.3, 0.4) is 0 Å². The fourth-order valence-corrected chi connectivity index (χ4v) is 2.22. The van der Waals surface area contributed by atoms with Gasteiger partial charge in [0.25, 0.3) is 0 Å². The van der Waals surface area contributed by atoms with E-state index in [1.165, 1.54) is 11.1 Å². The van der Waals surface area contributed by atoms with Gasteiger partial charge < -0.3 is 11.1 Å². The summed E-state index contributed by atoms with van der Waals surface area (Å²) in [5, 5.41) is 12.1. The van der Waals surface area contributed by atoms with Gasteiger partial charge in [0, 0.05) is 11.0 Å². The van der Waals surface area contributed by atoms with Crippen molar-refractivity contribution in [2.75, 3.05) is 11.1 Å². The van der Waals surface area contributed by atoms with Gasteiger partial charge in [0.05, 0.1) is 23.0 Å². The van der Waals surface area contributed by atoms with E-state index in [1.54, 1.807) is 12.1 Å². The quantitative estimate of drug-likeness (QED) is 0.846. The molecule has 0 aromatic heterocycles. The second-order valence-electron chi connectivity index (χ2n) is 4.34. The molecular formula is C15H14BrN3. The number of nitrogens with two attached hydrogens (primary N) is 1. The number of benzene rings is 2. The summed E-state index contributed by atoms with van der Waals surface area (Å²) in [5.74, 6) is 0. The lowest BCUT2D eigenvalue weighted by Crippen LogP contribution is -2.04. The fraction of sp³-hybridized carbons (Fsp3) is 0.133. The highest BCUT2D eigenvalue weighted by atomic mass is 79.9. The van der Waals surface area contributed by atoms with Crippen LogP contribution >= 0.6 is 15.9 Å². The van der Waals surface area contributed by atoms with Crippen LogP contribution in [0.1, 0.15) is 16.7 Å². The van der Waals surface area contributed by atoms with Crippen LogP contribution in [0.2, 0.25) is 0 Å². The van der Waals surface area contributed by atoms with E-state index in [0.717, 1.165) is 10.2 Å². The third kappa shape index (κ3) is 3.27. The molecule has 3 nitrogen and oxygen atoms in total. The maximum Gasteiger partial charge on any atom is 0.0992 e. The number of rotatable bonds is 3. The normalized spacial score (nSPS) is 9.95. The van der Waals surface area contributed by atoms with Crippen molar-refractivity contribution in [1.82, 2.24) is 0 Å². The number of nitrogens with zero attached hydrogens (tertiary/aromatic N) is 1. The van der Waals surface area contributed by atoms with E-state index in [4.69, 9.17) is 11.0 Å². The molecule has 0 atom stereocenters. The molecule has 0 spiro atoms. The minimum Gasteiger partial charge on any atom is -0.397 e. The van der Waals surface area contributed by atoms with Crippen molar-refractivity contribution >= 4 is 27.3 Å². The van der Waals surface area contributed by atoms with Crippen LogP contribution in [-0.2, 0) is 6.54 Å². The second kappa shape index (κ2) is 5.77. The van der Waals surface area contributed by atoms with E-state index in [2.05, 4.69) is 46.4 Å².